The number of nitrogens with one attached hydrogen (secondary N) is 2. The molecule has 0 bridgehead atoms. The number of rotatable bonds is 7. The quantitative estimate of drug-likeness (QED) is 0.460. The molecule has 0 aliphatic rings. The predicted molar refractivity (Wildman–Crippen MR) is 116 cm³/mol. The number of ether oxygens (including phenoxy) is 1. The number of aromatic amines is 1. The fourth-order valence-electron chi connectivity index (χ4n) is 3.07. The van der Waals surface area contributed by atoms with Gasteiger partial charge in [0.2, 0.25) is 0 Å². The Kier molecular flexibility index (Phi) is 6.19. The molecule has 1 atom stereocenters. The number of H-pyrrole nitrogens is 1. The number of carbonyl (C=O) groups is 1. The van der Waals surface area contributed by atoms with Crippen LogP contribution in [-0.2, 0) is 0 Å². The predicted octanol–water partition coefficient (Wildman–Crippen LogP) is 3.07. The summed E-state index contributed by atoms with van der Waals surface area (Å²) in [6.07, 6.45) is 3.78. The number of aromatic nitrogens is 2. The number of aliphatic hydroxyl groups is 1. The summed E-state index contributed by atoms with van der Waals surface area (Å²) < 4.78 is 5.59. The Hall–Kier alpha value is -3.32. The summed E-state index contributed by atoms with van der Waals surface area (Å²) >= 11 is 0. The number of methoxy groups -OCH3 is 1. The van der Waals surface area contributed by atoms with Gasteiger partial charge in [0.05, 0.1) is 41.9 Å². The second-order valence-electron chi connectivity index (χ2n) is 7.18. The zero-order chi connectivity index (χ0) is 21.0. The third kappa shape index (κ3) is 4.41. The van der Waals surface area contributed by atoms with Gasteiger partial charge in [-0.2, -0.15) is 5.10 Å². The summed E-state index contributed by atoms with van der Waals surface area (Å²) in [6, 6.07) is 10.6. The Balaban J connectivity index is 1.98. The first kappa shape index (κ1) is 20.4. The first-order valence-corrected chi connectivity index (χ1v) is 9.45. The third-order valence-corrected chi connectivity index (χ3v) is 4.85. The van der Waals surface area contributed by atoms with Gasteiger partial charge in [0.25, 0.3) is 5.91 Å². The zero-order valence-corrected chi connectivity index (χ0v) is 16.8. The molecule has 1 aromatic heterocycles. The fourth-order valence-corrected chi connectivity index (χ4v) is 3.07. The number of nitrogen functional groups attached to an aromatic ring is 1. The molecule has 0 saturated heterocycles. The van der Waals surface area contributed by atoms with Crippen molar-refractivity contribution >= 4 is 34.6 Å². The molecule has 0 spiro atoms. The smallest absolute Gasteiger partial charge is 0.255 e. The minimum Gasteiger partial charge on any atom is -0.495 e. The van der Waals surface area contributed by atoms with E-state index in [1.54, 1.807) is 12.1 Å². The Bertz CT molecular complexity index is 1020. The van der Waals surface area contributed by atoms with E-state index in [-0.39, 0.29) is 24.5 Å². The molecular weight excluding hydrogens is 368 g/mol. The van der Waals surface area contributed by atoms with Crippen molar-refractivity contribution in [2.24, 2.45) is 5.92 Å². The van der Waals surface area contributed by atoms with Crippen LogP contribution in [-0.4, -0.2) is 41.0 Å². The van der Waals surface area contributed by atoms with E-state index in [1.807, 2.05) is 50.3 Å². The Labute approximate surface area is 169 Å². The second-order valence-corrected chi connectivity index (χ2v) is 7.18. The highest BCUT2D eigenvalue weighted by atomic mass is 16.5. The molecular formula is C22H26N4O3. The first-order valence-electron chi connectivity index (χ1n) is 9.45. The first-order chi connectivity index (χ1) is 13.9. The van der Waals surface area contributed by atoms with E-state index in [9.17, 15) is 9.90 Å². The lowest BCUT2D eigenvalue weighted by molar-refractivity contribution is 0.0894. The number of anilines is 1. The van der Waals surface area contributed by atoms with Gasteiger partial charge in [0.1, 0.15) is 5.75 Å². The molecule has 0 saturated carbocycles. The number of carbonyl (C=O) groups excluding carboxylic acids is 1. The van der Waals surface area contributed by atoms with E-state index in [0.717, 1.165) is 16.5 Å². The molecule has 2 aromatic carbocycles. The second kappa shape index (κ2) is 8.79. The van der Waals surface area contributed by atoms with Crippen LogP contribution in [0.15, 0.2) is 36.4 Å². The van der Waals surface area contributed by atoms with Crippen molar-refractivity contribution in [2.75, 3.05) is 19.5 Å². The lowest BCUT2D eigenvalue weighted by Crippen LogP contribution is -2.41. The lowest BCUT2D eigenvalue weighted by Gasteiger charge is -2.20. The van der Waals surface area contributed by atoms with E-state index in [0.29, 0.717) is 22.7 Å². The van der Waals surface area contributed by atoms with Crippen LogP contribution in [0.3, 0.4) is 0 Å². The minimum atomic E-state index is -0.336. The normalized spacial score (nSPS) is 12.6. The molecule has 5 N–H and O–H groups in total. The highest BCUT2D eigenvalue weighted by molar-refractivity contribution is 6.05. The Morgan fingerprint density at radius 1 is 1.24 bits per heavy atom. The average Bonchev–Trinajstić information content (AvgIpc) is 3.13. The summed E-state index contributed by atoms with van der Waals surface area (Å²) in [4.78, 5) is 12.8. The largest absolute Gasteiger partial charge is 0.495 e. The van der Waals surface area contributed by atoms with Crippen molar-refractivity contribution in [1.29, 1.82) is 0 Å². The van der Waals surface area contributed by atoms with Gasteiger partial charge >= 0.3 is 0 Å². The van der Waals surface area contributed by atoms with E-state index in [2.05, 4.69) is 15.5 Å². The number of nitrogens with zero attached hydrogens (tertiary/aromatic N) is 1. The topological polar surface area (TPSA) is 113 Å². The molecule has 3 rings (SSSR count). The molecule has 0 aliphatic heterocycles. The molecule has 152 valence electrons. The SMILES string of the molecule is COc1c(C(=O)N[C@H](CO)C(C)C)ccc2[nH]nc(/C=C/c3ccc(N)cc3)c12. The summed E-state index contributed by atoms with van der Waals surface area (Å²) in [5.41, 5.74) is 9.22. The van der Waals surface area contributed by atoms with Crippen molar-refractivity contribution in [2.45, 2.75) is 19.9 Å². The van der Waals surface area contributed by atoms with E-state index in [4.69, 9.17) is 10.5 Å². The standard InChI is InChI=1S/C22H26N4O3/c1-13(2)19(12-27)24-22(28)16-9-11-18-20(21(16)29-3)17(25-26-18)10-6-14-4-7-15(23)8-5-14/h4-11,13,19,27H,12,23H2,1-3H3,(H,24,28)(H,25,26)/b10-6+/t19-/m1/s1. The maximum atomic E-state index is 12.8. The van der Waals surface area contributed by atoms with Crippen LogP contribution >= 0.6 is 0 Å². The molecule has 7 nitrogen and oxygen atoms in total. The fraction of sp³-hybridized carbons (Fsp3) is 0.273. The van der Waals surface area contributed by atoms with Gasteiger partial charge in [-0.1, -0.05) is 32.1 Å². The Morgan fingerprint density at radius 3 is 2.59 bits per heavy atom. The summed E-state index contributed by atoms with van der Waals surface area (Å²) in [7, 11) is 1.53. The number of nitrogens with two attached hydrogens (primary N) is 1. The maximum absolute atomic E-state index is 12.8. The number of hydrogen-bond acceptors (Lipinski definition) is 5. The number of fused-ring (bicyclic) bond motifs is 1. The monoisotopic (exact) mass is 394 g/mol. The van der Waals surface area contributed by atoms with Gasteiger partial charge in [0.15, 0.2) is 0 Å². The number of amides is 1. The van der Waals surface area contributed by atoms with Gasteiger partial charge < -0.3 is 20.9 Å². The van der Waals surface area contributed by atoms with E-state index >= 15 is 0 Å². The highest BCUT2D eigenvalue weighted by Crippen LogP contribution is 2.32. The van der Waals surface area contributed by atoms with Gasteiger partial charge in [0, 0.05) is 5.69 Å². The van der Waals surface area contributed by atoms with Crippen LogP contribution in [0.5, 0.6) is 5.75 Å². The van der Waals surface area contributed by atoms with Crippen LogP contribution < -0.4 is 15.8 Å². The lowest BCUT2D eigenvalue weighted by atomic mass is 10.0. The minimum absolute atomic E-state index is 0.103. The molecule has 29 heavy (non-hydrogen) atoms. The number of hydrogen-bond donors (Lipinski definition) is 4. The van der Waals surface area contributed by atoms with Gasteiger partial charge in [-0.3, -0.25) is 9.89 Å². The molecule has 1 heterocycles. The van der Waals surface area contributed by atoms with Crippen molar-refractivity contribution in [3.63, 3.8) is 0 Å². The summed E-state index contributed by atoms with van der Waals surface area (Å²) in [5.74, 6) is 0.239. The van der Waals surface area contributed by atoms with Crippen molar-refractivity contribution in [3.05, 3.63) is 53.2 Å². The van der Waals surface area contributed by atoms with Gasteiger partial charge in [-0.05, 0) is 41.8 Å². The molecule has 1 amide bonds. The van der Waals surface area contributed by atoms with E-state index < -0.39 is 0 Å². The van der Waals surface area contributed by atoms with Crippen molar-refractivity contribution in [1.82, 2.24) is 15.5 Å². The van der Waals surface area contributed by atoms with Gasteiger partial charge in [-0.25, -0.2) is 0 Å². The van der Waals surface area contributed by atoms with Gasteiger partial charge in [-0.15, -0.1) is 0 Å². The highest BCUT2D eigenvalue weighted by Gasteiger charge is 2.22. The summed E-state index contributed by atoms with van der Waals surface area (Å²) in [6.45, 7) is 3.75. The van der Waals surface area contributed by atoms with Crippen LogP contribution in [0.2, 0.25) is 0 Å². The third-order valence-electron chi connectivity index (χ3n) is 4.85. The molecule has 7 heteroatoms. The van der Waals surface area contributed by atoms with Crippen molar-refractivity contribution < 1.29 is 14.6 Å². The van der Waals surface area contributed by atoms with Crippen LogP contribution in [0.25, 0.3) is 23.1 Å². The molecule has 0 fully saturated rings. The Morgan fingerprint density at radius 2 is 1.97 bits per heavy atom. The zero-order valence-electron chi connectivity index (χ0n) is 16.8. The summed E-state index contributed by atoms with van der Waals surface area (Å²) in [5, 5.41) is 20.4. The van der Waals surface area contributed by atoms with E-state index in [1.165, 1.54) is 7.11 Å². The molecule has 3 aromatic rings. The maximum Gasteiger partial charge on any atom is 0.255 e. The average molecular weight is 394 g/mol. The van der Waals surface area contributed by atoms with Crippen LogP contribution in [0, 0.1) is 5.92 Å². The van der Waals surface area contributed by atoms with Crippen LogP contribution in [0.1, 0.15) is 35.5 Å². The molecule has 0 unspecified atom stereocenters. The van der Waals surface area contributed by atoms with Crippen molar-refractivity contribution in [3.8, 4) is 5.75 Å². The molecule has 0 radical (unpaired) electrons. The van der Waals surface area contributed by atoms with Crippen LogP contribution in [0.4, 0.5) is 5.69 Å². The number of aliphatic hydroxyl groups excluding tert-OH is 1. The number of benzene rings is 2. The molecule has 0 aliphatic carbocycles.